The monoisotopic (exact) mass is 352 g/mol. The number of halogens is 1. The molecule has 1 aromatic heterocycles. The van der Waals surface area contributed by atoms with E-state index in [0.717, 1.165) is 9.09 Å². The van der Waals surface area contributed by atoms with Gasteiger partial charge in [-0.05, 0) is 40.8 Å². The predicted octanol–water partition coefficient (Wildman–Crippen LogP) is 1.91. The van der Waals surface area contributed by atoms with Crippen LogP contribution < -0.4 is 5.32 Å². The van der Waals surface area contributed by atoms with Crippen LogP contribution in [0.4, 0.5) is 0 Å². The van der Waals surface area contributed by atoms with Gasteiger partial charge in [0.1, 0.15) is 0 Å². The van der Waals surface area contributed by atoms with Gasteiger partial charge in [-0.2, -0.15) is 4.98 Å². The molecule has 0 saturated heterocycles. The van der Waals surface area contributed by atoms with Gasteiger partial charge in [0.25, 0.3) is 0 Å². The molecule has 2 N–H and O–H groups in total. The van der Waals surface area contributed by atoms with E-state index in [1.165, 1.54) is 0 Å². The summed E-state index contributed by atoms with van der Waals surface area (Å²) in [6, 6.07) is 5.67. The Hall–Kier alpha value is -1.70. The summed E-state index contributed by atoms with van der Waals surface area (Å²) >= 11 is 2.19. The van der Waals surface area contributed by atoms with Crippen molar-refractivity contribution in [1.29, 1.82) is 0 Å². The van der Waals surface area contributed by atoms with Gasteiger partial charge in [0.15, 0.2) is 5.82 Å². The minimum Gasteiger partial charge on any atom is -0.493 e. The molecule has 0 fully saturated rings. The van der Waals surface area contributed by atoms with Gasteiger partial charge in [-0.25, -0.2) is 4.98 Å². The molecule has 0 unspecified atom stereocenters. The van der Waals surface area contributed by atoms with Crippen molar-refractivity contribution >= 4 is 45.4 Å². The topological polar surface area (TPSA) is 70.4 Å². The minimum absolute atomic E-state index is 0.00855. The Bertz CT molecular complexity index is 681. The summed E-state index contributed by atoms with van der Waals surface area (Å²) in [4.78, 5) is 12.6. The van der Waals surface area contributed by atoms with Crippen LogP contribution in [-0.2, 0) is 0 Å². The van der Waals surface area contributed by atoms with Crippen LogP contribution in [0.25, 0.3) is 16.6 Å². The Morgan fingerprint density at radius 3 is 2.94 bits per heavy atom. The number of aromatic hydroxyl groups is 1. The molecule has 1 aliphatic rings. The van der Waals surface area contributed by atoms with E-state index >= 15 is 0 Å². The number of nitrogens with one attached hydrogen (secondary N) is 1. The Morgan fingerprint density at radius 1 is 1.28 bits per heavy atom. The average Bonchev–Trinajstić information content (AvgIpc) is 2.40. The SMILES string of the molecule is Oc1nc(C2=CN=CCN2)nc2ccc(I)cc12. The van der Waals surface area contributed by atoms with Crippen LogP contribution in [0.3, 0.4) is 0 Å². The third-order valence-corrected chi connectivity index (χ3v) is 3.24. The highest BCUT2D eigenvalue weighted by Crippen LogP contribution is 2.25. The van der Waals surface area contributed by atoms with Crippen molar-refractivity contribution in [2.45, 2.75) is 0 Å². The van der Waals surface area contributed by atoms with Crippen LogP contribution in [0.5, 0.6) is 5.88 Å². The normalized spacial score (nSPS) is 14.4. The highest BCUT2D eigenvalue weighted by atomic mass is 127. The number of rotatable bonds is 1. The average molecular weight is 352 g/mol. The zero-order valence-corrected chi connectivity index (χ0v) is 11.4. The molecule has 1 aliphatic heterocycles. The lowest BCUT2D eigenvalue weighted by atomic mass is 10.2. The van der Waals surface area contributed by atoms with Crippen molar-refractivity contribution in [3.05, 3.63) is 33.8 Å². The van der Waals surface area contributed by atoms with Crippen LogP contribution in [0.2, 0.25) is 0 Å². The summed E-state index contributed by atoms with van der Waals surface area (Å²) in [5.74, 6) is 0.448. The van der Waals surface area contributed by atoms with E-state index in [0.29, 0.717) is 23.5 Å². The fraction of sp³-hybridized carbons (Fsp3) is 0.0833. The highest BCUT2D eigenvalue weighted by molar-refractivity contribution is 14.1. The van der Waals surface area contributed by atoms with Crippen molar-refractivity contribution in [2.75, 3.05) is 6.54 Å². The summed E-state index contributed by atoms with van der Waals surface area (Å²) < 4.78 is 1.03. The number of nitrogens with zero attached hydrogens (tertiary/aromatic N) is 3. The molecule has 3 rings (SSSR count). The zero-order valence-electron chi connectivity index (χ0n) is 9.26. The maximum Gasteiger partial charge on any atom is 0.222 e. The molecule has 2 aromatic rings. The summed E-state index contributed by atoms with van der Waals surface area (Å²) in [6.45, 7) is 0.640. The molecule has 6 heteroatoms. The molecule has 0 atom stereocenters. The lowest BCUT2D eigenvalue weighted by Crippen LogP contribution is -2.19. The maximum absolute atomic E-state index is 9.96. The molecule has 1 aromatic carbocycles. The third kappa shape index (κ3) is 2.03. The number of aromatic nitrogens is 2. The zero-order chi connectivity index (χ0) is 12.5. The van der Waals surface area contributed by atoms with E-state index < -0.39 is 0 Å². The molecule has 0 saturated carbocycles. The van der Waals surface area contributed by atoms with Gasteiger partial charge in [0, 0.05) is 9.78 Å². The Balaban J connectivity index is 2.18. The van der Waals surface area contributed by atoms with Gasteiger partial charge in [0.05, 0.1) is 29.3 Å². The first-order chi connectivity index (χ1) is 8.74. The summed E-state index contributed by atoms with van der Waals surface area (Å²) in [6.07, 6.45) is 3.41. The molecule has 90 valence electrons. The van der Waals surface area contributed by atoms with Crippen molar-refractivity contribution in [1.82, 2.24) is 15.3 Å². The largest absolute Gasteiger partial charge is 0.493 e. The fourth-order valence-electron chi connectivity index (χ4n) is 1.72. The van der Waals surface area contributed by atoms with Crippen LogP contribution in [-0.4, -0.2) is 27.8 Å². The Kier molecular flexibility index (Phi) is 2.86. The molecular formula is C12H9IN4O. The number of aliphatic imine (C=N–C) groups is 1. The first kappa shape index (κ1) is 11.4. The standard InChI is InChI=1S/C12H9IN4O/c13-7-1-2-9-8(5-7)12(18)17-11(16-9)10-6-14-3-4-15-10/h1-3,5-6,15H,4H2,(H,16,17,18). The number of fused-ring (bicyclic) bond motifs is 1. The molecule has 0 radical (unpaired) electrons. The quantitative estimate of drug-likeness (QED) is 0.770. The predicted molar refractivity (Wildman–Crippen MR) is 78.4 cm³/mol. The van der Waals surface area contributed by atoms with E-state index in [-0.39, 0.29) is 5.88 Å². The molecule has 0 amide bonds. The molecule has 0 spiro atoms. The van der Waals surface area contributed by atoms with Crippen molar-refractivity contribution in [3.63, 3.8) is 0 Å². The fourth-order valence-corrected chi connectivity index (χ4v) is 2.21. The van der Waals surface area contributed by atoms with Gasteiger partial charge in [-0.15, -0.1) is 0 Å². The number of hydrogen-bond donors (Lipinski definition) is 2. The molecule has 0 bridgehead atoms. The van der Waals surface area contributed by atoms with Gasteiger partial charge in [-0.1, -0.05) is 0 Å². The second kappa shape index (κ2) is 4.52. The van der Waals surface area contributed by atoms with Gasteiger partial charge >= 0.3 is 0 Å². The van der Waals surface area contributed by atoms with Gasteiger partial charge < -0.3 is 10.4 Å². The van der Waals surface area contributed by atoms with Crippen molar-refractivity contribution in [3.8, 4) is 5.88 Å². The summed E-state index contributed by atoms with van der Waals surface area (Å²) in [7, 11) is 0. The molecule has 0 aliphatic carbocycles. The highest BCUT2D eigenvalue weighted by Gasteiger charge is 2.11. The second-order valence-electron chi connectivity index (χ2n) is 3.79. The first-order valence-electron chi connectivity index (χ1n) is 5.36. The lowest BCUT2D eigenvalue weighted by Gasteiger charge is -2.11. The Labute approximate surface area is 117 Å². The second-order valence-corrected chi connectivity index (χ2v) is 5.03. The molecule has 2 heterocycles. The van der Waals surface area contributed by atoms with E-state index in [9.17, 15) is 5.11 Å². The summed E-state index contributed by atoms with van der Waals surface area (Å²) in [5, 5.41) is 13.7. The van der Waals surface area contributed by atoms with E-state index in [4.69, 9.17) is 0 Å². The Morgan fingerprint density at radius 2 is 2.17 bits per heavy atom. The van der Waals surface area contributed by atoms with Gasteiger partial charge in [-0.3, -0.25) is 4.99 Å². The molecule has 18 heavy (non-hydrogen) atoms. The number of hydrogen-bond acceptors (Lipinski definition) is 5. The van der Waals surface area contributed by atoms with Crippen LogP contribution in [0.1, 0.15) is 5.82 Å². The number of benzene rings is 1. The minimum atomic E-state index is -0.00855. The van der Waals surface area contributed by atoms with Gasteiger partial charge in [0.2, 0.25) is 5.88 Å². The third-order valence-electron chi connectivity index (χ3n) is 2.57. The maximum atomic E-state index is 9.96. The molecular weight excluding hydrogens is 343 g/mol. The first-order valence-corrected chi connectivity index (χ1v) is 6.44. The van der Waals surface area contributed by atoms with Crippen molar-refractivity contribution in [2.24, 2.45) is 4.99 Å². The molecule has 5 nitrogen and oxygen atoms in total. The van der Waals surface area contributed by atoms with Crippen LogP contribution in [0, 0.1) is 3.57 Å². The lowest BCUT2D eigenvalue weighted by molar-refractivity contribution is 0.458. The smallest absolute Gasteiger partial charge is 0.222 e. The van der Waals surface area contributed by atoms with E-state index in [1.807, 2.05) is 18.2 Å². The van der Waals surface area contributed by atoms with Crippen LogP contribution >= 0.6 is 22.6 Å². The van der Waals surface area contributed by atoms with Crippen LogP contribution in [0.15, 0.2) is 29.4 Å². The summed E-state index contributed by atoms with van der Waals surface area (Å²) in [5.41, 5.74) is 1.43. The van der Waals surface area contributed by atoms with Crippen molar-refractivity contribution < 1.29 is 5.11 Å². The van der Waals surface area contributed by atoms with E-state index in [2.05, 4.69) is 42.9 Å². The van der Waals surface area contributed by atoms with E-state index in [1.54, 1.807) is 12.4 Å².